The van der Waals surface area contributed by atoms with Gasteiger partial charge in [-0.25, -0.2) is 4.79 Å². The molecule has 182 valence electrons. The summed E-state index contributed by atoms with van der Waals surface area (Å²) in [7, 11) is 0. The summed E-state index contributed by atoms with van der Waals surface area (Å²) in [5.74, 6) is 0.303. The van der Waals surface area contributed by atoms with Crippen LogP contribution in [0.2, 0.25) is 0 Å². The molecule has 34 heavy (non-hydrogen) atoms. The lowest BCUT2D eigenvalue weighted by atomic mass is 10.1. The summed E-state index contributed by atoms with van der Waals surface area (Å²) >= 11 is 4.38. The maximum Gasteiger partial charge on any atom is 0.341 e. The average Bonchev–Trinajstić information content (AvgIpc) is 3.57. The fourth-order valence-corrected chi connectivity index (χ4v) is 6.28. The van der Waals surface area contributed by atoms with Crippen molar-refractivity contribution in [1.29, 1.82) is 0 Å². The highest BCUT2D eigenvalue weighted by Gasteiger charge is 2.24. The van der Waals surface area contributed by atoms with Gasteiger partial charge in [0.15, 0.2) is 11.0 Å². The van der Waals surface area contributed by atoms with E-state index in [9.17, 15) is 9.59 Å². The van der Waals surface area contributed by atoms with Crippen LogP contribution in [0.1, 0.15) is 45.4 Å². The van der Waals surface area contributed by atoms with E-state index in [1.807, 2.05) is 13.8 Å². The van der Waals surface area contributed by atoms with Crippen molar-refractivity contribution in [2.24, 2.45) is 0 Å². The van der Waals surface area contributed by atoms with Crippen LogP contribution in [0.4, 0.5) is 5.00 Å². The maximum atomic E-state index is 12.8. The van der Waals surface area contributed by atoms with Crippen LogP contribution < -0.4 is 5.32 Å². The highest BCUT2D eigenvalue weighted by atomic mass is 32.2. The molecule has 1 aliphatic heterocycles. The summed E-state index contributed by atoms with van der Waals surface area (Å²) in [5, 5.41) is 15.0. The number of rotatable bonds is 9. The number of nitrogens with one attached hydrogen (secondary N) is 1. The number of esters is 1. The Morgan fingerprint density at radius 3 is 2.82 bits per heavy atom. The van der Waals surface area contributed by atoms with Gasteiger partial charge >= 0.3 is 5.97 Å². The largest absolute Gasteiger partial charge is 0.462 e. The number of thiophene rings is 2. The SMILES string of the molecule is CCOC(=O)c1c(NC(=O)CSc2nnc(-c3csc(C)c3)n2CC2CCCO2)sc(C)c1C. The van der Waals surface area contributed by atoms with Crippen molar-refractivity contribution in [3.05, 3.63) is 32.3 Å². The molecule has 1 atom stereocenters. The first-order chi connectivity index (χ1) is 16.4. The van der Waals surface area contributed by atoms with Crippen molar-refractivity contribution in [2.45, 2.75) is 58.3 Å². The van der Waals surface area contributed by atoms with Crippen LogP contribution in [0.3, 0.4) is 0 Å². The van der Waals surface area contributed by atoms with Crippen molar-refractivity contribution in [3.8, 4) is 11.4 Å². The number of carbonyl (C=O) groups excluding carboxylic acids is 2. The molecule has 0 aromatic carbocycles. The molecule has 1 aliphatic rings. The first-order valence-electron chi connectivity index (χ1n) is 11.2. The molecule has 0 spiro atoms. The monoisotopic (exact) mass is 520 g/mol. The topological polar surface area (TPSA) is 95.3 Å². The van der Waals surface area contributed by atoms with Gasteiger partial charge in [-0.1, -0.05) is 11.8 Å². The number of anilines is 1. The number of nitrogens with zero attached hydrogens (tertiary/aromatic N) is 3. The van der Waals surface area contributed by atoms with Crippen molar-refractivity contribution in [2.75, 3.05) is 24.3 Å². The van der Waals surface area contributed by atoms with E-state index in [4.69, 9.17) is 9.47 Å². The third kappa shape index (κ3) is 5.54. The van der Waals surface area contributed by atoms with Gasteiger partial charge in [-0.3, -0.25) is 9.36 Å². The van der Waals surface area contributed by atoms with E-state index >= 15 is 0 Å². The molecular weight excluding hydrogens is 492 g/mol. The molecule has 0 saturated carbocycles. The number of hydrogen-bond donors (Lipinski definition) is 1. The van der Waals surface area contributed by atoms with E-state index < -0.39 is 5.97 Å². The number of ether oxygens (including phenoxy) is 2. The van der Waals surface area contributed by atoms with E-state index in [0.717, 1.165) is 41.3 Å². The number of aryl methyl sites for hydroxylation is 2. The third-order valence-corrected chi connectivity index (χ3v) is 8.52. The zero-order valence-electron chi connectivity index (χ0n) is 19.7. The Hall–Kier alpha value is -2.21. The van der Waals surface area contributed by atoms with Crippen LogP contribution in [0.15, 0.2) is 16.6 Å². The molecule has 0 radical (unpaired) electrons. The second-order valence-corrected chi connectivity index (χ2v) is 11.3. The second kappa shape index (κ2) is 11.0. The molecular formula is C23H28N4O4S3. The van der Waals surface area contributed by atoms with Gasteiger partial charge in [0.1, 0.15) is 5.00 Å². The van der Waals surface area contributed by atoms with Crippen molar-refractivity contribution < 1.29 is 19.1 Å². The summed E-state index contributed by atoms with van der Waals surface area (Å²) in [5.41, 5.74) is 2.28. The molecule has 4 heterocycles. The van der Waals surface area contributed by atoms with Gasteiger partial charge in [-0.2, -0.15) is 0 Å². The number of hydrogen-bond acceptors (Lipinski definition) is 9. The Bertz CT molecular complexity index is 1180. The van der Waals surface area contributed by atoms with Gasteiger partial charge in [0.2, 0.25) is 5.91 Å². The predicted octanol–water partition coefficient (Wildman–Crippen LogP) is 5.08. The quantitative estimate of drug-likeness (QED) is 0.310. The summed E-state index contributed by atoms with van der Waals surface area (Å²) in [6, 6.07) is 2.10. The number of aromatic nitrogens is 3. The zero-order chi connectivity index (χ0) is 24.2. The van der Waals surface area contributed by atoms with Crippen LogP contribution in [0, 0.1) is 20.8 Å². The van der Waals surface area contributed by atoms with Crippen LogP contribution in [0.5, 0.6) is 0 Å². The predicted molar refractivity (Wildman–Crippen MR) is 136 cm³/mol. The second-order valence-electron chi connectivity index (χ2n) is 8.04. The molecule has 0 aliphatic carbocycles. The molecule has 8 nitrogen and oxygen atoms in total. The van der Waals surface area contributed by atoms with Crippen molar-refractivity contribution >= 4 is 51.3 Å². The minimum Gasteiger partial charge on any atom is -0.462 e. The van der Waals surface area contributed by atoms with Crippen LogP contribution in [0.25, 0.3) is 11.4 Å². The first kappa shape index (κ1) is 24.9. The lowest BCUT2D eigenvalue weighted by Crippen LogP contribution is -2.18. The Morgan fingerprint density at radius 1 is 1.32 bits per heavy atom. The molecule has 3 aromatic rings. The molecule has 11 heteroatoms. The molecule has 3 aromatic heterocycles. The van der Waals surface area contributed by atoms with Crippen molar-refractivity contribution in [1.82, 2.24) is 14.8 Å². The van der Waals surface area contributed by atoms with Gasteiger partial charge in [0.25, 0.3) is 0 Å². The Balaban J connectivity index is 1.49. The van der Waals surface area contributed by atoms with Gasteiger partial charge < -0.3 is 14.8 Å². The van der Waals surface area contributed by atoms with Gasteiger partial charge in [0, 0.05) is 27.3 Å². The Labute approximate surface area is 211 Å². The van der Waals surface area contributed by atoms with Crippen LogP contribution in [-0.4, -0.2) is 51.7 Å². The number of amides is 1. The molecule has 1 unspecified atom stereocenters. The van der Waals surface area contributed by atoms with Gasteiger partial charge in [-0.15, -0.1) is 32.9 Å². The molecule has 1 N–H and O–H groups in total. The van der Waals surface area contributed by atoms with Gasteiger partial charge in [-0.05, 0) is 52.2 Å². The highest BCUT2D eigenvalue weighted by Crippen LogP contribution is 2.34. The maximum absolute atomic E-state index is 12.8. The molecule has 4 rings (SSSR count). The van der Waals surface area contributed by atoms with Crippen LogP contribution >= 0.6 is 34.4 Å². The van der Waals surface area contributed by atoms with E-state index in [-0.39, 0.29) is 24.4 Å². The highest BCUT2D eigenvalue weighted by molar-refractivity contribution is 7.99. The smallest absolute Gasteiger partial charge is 0.341 e. The molecule has 1 amide bonds. The van der Waals surface area contributed by atoms with E-state index in [1.54, 1.807) is 18.3 Å². The lowest BCUT2D eigenvalue weighted by molar-refractivity contribution is -0.113. The zero-order valence-corrected chi connectivity index (χ0v) is 22.1. The minimum atomic E-state index is -0.417. The normalized spacial score (nSPS) is 15.6. The number of carbonyl (C=O) groups is 2. The van der Waals surface area contributed by atoms with Crippen LogP contribution in [-0.2, 0) is 20.8 Å². The molecule has 1 fully saturated rings. The van der Waals surface area contributed by atoms with E-state index in [0.29, 0.717) is 22.3 Å². The number of thioether (sulfide) groups is 1. The molecule has 0 bridgehead atoms. The fraction of sp³-hybridized carbons (Fsp3) is 0.478. The summed E-state index contributed by atoms with van der Waals surface area (Å²) in [4.78, 5) is 27.4. The van der Waals surface area contributed by atoms with Gasteiger partial charge in [0.05, 0.1) is 30.6 Å². The van der Waals surface area contributed by atoms with E-state index in [1.165, 1.54) is 28.0 Å². The molecule has 1 saturated heterocycles. The lowest BCUT2D eigenvalue weighted by Gasteiger charge is -2.14. The summed E-state index contributed by atoms with van der Waals surface area (Å²) in [6.45, 7) is 9.32. The fourth-order valence-electron chi connectivity index (χ4n) is 3.78. The standard InChI is InChI=1S/C23H28N4O4S3/c1-5-30-22(29)19-14(3)15(4)34-21(19)24-18(28)12-33-23-26-25-20(16-9-13(2)32-11-16)27(23)10-17-7-6-8-31-17/h9,11,17H,5-8,10,12H2,1-4H3,(H,24,28). The van der Waals surface area contributed by atoms with Crippen molar-refractivity contribution in [3.63, 3.8) is 0 Å². The first-order valence-corrected chi connectivity index (χ1v) is 13.9. The Kier molecular flexibility index (Phi) is 8.07. The van der Waals surface area contributed by atoms with E-state index in [2.05, 4.69) is 38.5 Å². The summed E-state index contributed by atoms with van der Waals surface area (Å²) in [6.07, 6.45) is 2.16. The Morgan fingerprint density at radius 2 is 2.15 bits per heavy atom. The summed E-state index contributed by atoms with van der Waals surface area (Å²) < 4.78 is 13.1. The third-order valence-electron chi connectivity index (χ3n) is 5.57. The minimum absolute atomic E-state index is 0.117. The average molecular weight is 521 g/mol.